The molecule has 0 spiro atoms. The number of esters is 1. The Bertz CT molecular complexity index is 1090. The van der Waals surface area contributed by atoms with Crippen molar-refractivity contribution in [2.75, 3.05) is 13.7 Å². The van der Waals surface area contributed by atoms with E-state index >= 15 is 0 Å². The average Bonchev–Trinajstić information content (AvgIpc) is 3.59. The molecular weight excluding hydrogens is 452 g/mol. The predicted octanol–water partition coefficient (Wildman–Crippen LogP) is 5.22. The highest BCUT2D eigenvalue weighted by molar-refractivity contribution is 6.31. The van der Waals surface area contributed by atoms with Gasteiger partial charge in [0, 0.05) is 35.0 Å². The lowest BCUT2D eigenvalue weighted by Gasteiger charge is -2.15. The minimum atomic E-state index is -0.186. The number of methoxy groups -OCH3 is 1. The Morgan fingerprint density at radius 1 is 1.24 bits per heavy atom. The third kappa shape index (κ3) is 5.98. The Balaban J connectivity index is 1.61. The zero-order valence-corrected chi connectivity index (χ0v) is 20.5. The number of halogens is 1. The molecule has 2 heterocycles. The average molecular weight is 483 g/mol. The zero-order valence-electron chi connectivity index (χ0n) is 19.7. The lowest BCUT2D eigenvalue weighted by atomic mass is 9.96. The number of carbonyl (C=O) groups excluding carboxylic acids is 2. The van der Waals surface area contributed by atoms with Gasteiger partial charge in [0.25, 0.3) is 0 Å². The Kier molecular flexibility index (Phi) is 7.88. The standard InChI is InChI=1S/C27H31ClN2O4/c1-3-34-26(32)6-4-5-18-9-10-19(15-23(18)28)22(16-20-11-14-25(31)29-20)24-13-12-21(17-7-8-17)27(30-24)33-2/h9-10,12-13,15-17,20H,3-8,11,14H2,1-2H3,(H,29,31)/b22-16+/t20-/m1/s1. The van der Waals surface area contributed by atoms with Crippen LogP contribution in [0.25, 0.3) is 5.57 Å². The van der Waals surface area contributed by atoms with Gasteiger partial charge < -0.3 is 14.8 Å². The molecule has 1 aromatic heterocycles. The van der Waals surface area contributed by atoms with E-state index in [1.54, 1.807) is 14.0 Å². The monoisotopic (exact) mass is 482 g/mol. The molecule has 4 rings (SSSR count). The molecule has 0 unspecified atom stereocenters. The summed E-state index contributed by atoms with van der Waals surface area (Å²) < 4.78 is 10.6. The smallest absolute Gasteiger partial charge is 0.305 e. The molecule has 1 atom stereocenters. The molecule has 1 aliphatic heterocycles. The third-order valence-corrected chi connectivity index (χ3v) is 6.62. The Hall–Kier alpha value is -2.86. The number of nitrogens with one attached hydrogen (secondary N) is 1. The van der Waals surface area contributed by atoms with E-state index in [0.29, 0.717) is 49.1 Å². The van der Waals surface area contributed by atoms with Crippen molar-refractivity contribution in [1.82, 2.24) is 10.3 Å². The van der Waals surface area contributed by atoms with Crippen LogP contribution in [0.4, 0.5) is 0 Å². The molecule has 1 amide bonds. The summed E-state index contributed by atoms with van der Waals surface area (Å²) in [4.78, 5) is 28.2. The van der Waals surface area contributed by atoms with Crippen LogP contribution in [0.5, 0.6) is 5.88 Å². The van der Waals surface area contributed by atoms with E-state index in [0.717, 1.165) is 34.4 Å². The van der Waals surface area contributed by atoms with Crippen molar-refractivity contribution in [2.45, 2.75) is 63.8 Å². The van der Waals surface area contributed by atoms with Crippen LogP contribution in [-0.2, 0) is 20.7 Å². The molecule has 1 aromatic carbocycles. The van der Waals surface area contributed by atoms with Crippen LogP contribution in [0.2, 0.25) is 5.02 Å². The second-order valence-corrected chi connectivity index (χ2v) is 9.23. The van der Waals surface area contributed by atoms with Gasteiger partial charge in [-0.2, -0.15) is 0 Å². The van der Waals surface area contributed by atoms with Gasteiger partial charge >= 0.3 is 5.97 Å². The molecule has 0 radical (unpaired) electrons. The summed E-state index contributed by atoms with van der Waals surface area (Å²) in [7, 11) is 1.65. The van der Waals surface area contributed by atoms with Gasteiger partial charge in [-0.15, -0.1) is 0 Å². The van der Waals surface area contributed by atoms with E-state index in [9.17, 15) is 9.59 Å². The van der Waals surface area contributed by atoms with Crippen molar-refractivity contribution in [1.29, 1.82) is 0 Å². The van der Waals surface area contributed by atoms with Gasteiger partial charge in [0.05, 0.1) is 19.4 Å². The highest BCUT2D eigenvalue weighted by atomic mass is 35.5. The summed E-state index contributed by atoms with van der Waals surface area (Å²) in [5, 5.41) is 3.66. The van der Waals surface area contributed by atoms with Crippen molar-refractivity contribution in [3.05, 3.63) is 63.8 Å². The summed E-state index contributed by atoms with van der Waals surface area (Å²) in [6.07, 6.45) is 7.41. The number of aromatic nitrogens is 1. The maximum Gasteiger partial charge on any atom is 0.305 e. The number of hydrogen-bond donors (Lipinski definition) is 1. The van der Waals surface area contributed by atoms with Gasteiger partial charge in [-0.3, -0.25) is 9.59 Å². The number of aryl methyl sites for hydroxylation is 1. The van der Waals surface area contributed by atoms with E-state index in [4.69, 9.17) is 26.1 Å². The summed E-state index contributed by atoms with van der Waals surface area (Å²) >= 11 is 6.65. The molecule has 0 bridgehead atoms. The fourth-order valence-corrected chi connectivity index (χ4v) is 4.61. The number of carbonyl (C=O) groups is 2. The fourth-order valence-electron chi connectivity index (χ4n) is 4.34. The van der Waals surface area contributed by atoms with Crippen LogP contribution >= 0.6 is 11.6 Å². The Morgan fingerprint density at radius 2 is 2.06 bits per heavy atom. The largest absolute Gasteiger partial charge is 0.481 e. The number of hydrogen-bond acceptors (Lipinski definition) is 5. The van der Waals surface area contributed by atoms with E-state index < -0.39 is 0 Å². The van der Waals surface area contributed by atoms with Gasteiger partial charge in [-0.1, -0.05) is 35.9 Å². The van der Waals surface area contributed by atoms with Crippen LogP contribution in [0.3, 0.4) is 0 Å². The molecule has 7 heteroatoms. The molecule has 1 N–H and O–H groups in total. The van der Waals surface area contributed by atoms with Crippen LogP contribution < -0.4 is 10.1 Å². The van der Waals surface area contributed by atoms with Crippen molar-refractivity contribution in [3.63, 3.8) is 0 Å². The number of amides is 1. The molecule has 6 nitrogen and oxygen atoms in total. The van der Waals surface area contributed by atoms with Crippen LogP contribution in [0.1, 0.15) is 73.8 Å². The summed E-state index contributed by atoms with van der Waals surface area (Å²) in [6.45, 7) is 2.20. The van der Waals surface area contributed by atoms with Crippen molar-refractivity contribution in [2.24, 2.45) is 0 Å². The molecule has 2 aliphatic rings. The molecular formula is C27H31ClN2O4. The fraction of sp³-hybridized carbons (Fsp3) is 0.444. The number of pyridine rings is 1. The summed E-state index contributed by atoms with van der Waals surface area (Å²) in [6, 6.07) is 10.0. The van der Waals surface area contributed by atoms with Gasteiger partial charge in [-0.25, -0.2) is 4.98 Å². The van der Waals surface area contributed by atoms with Gasteiger partial charge in [0.1, 0.15) is 0 Å². The minimum absolute atomic E-state index is 0.0542. The SMILES string of the molecule is CCOC(=O)CCCc1ccc(/C(=C\[C@H]2CCC(=O)N2)c2ccc(C3CC3)c(OC)n2)cc1Cl. The number of benzene rings is 1. The topological polar surface area (TPSA) is 77.5 Å². The Morgan fingerprint density at radius 3 is 2.71 bits per heavy atom. The first-order valence-electron chi connectivity index (χ1n) is 12.0. The highest BCUT2D eigenvalue weighted by Crippen LogP contribution is 2.44. The van der Waals surface area contributed by atoms with Gasteiger partial charge in [-0.05, 0) is 68.2 Å². The second kappa shape index (κ2) is 11.0. The third-order valence-electron chi connectivity index (χ3n) is 6.27. The predicted molar refractivity (Wildman–Crippen MR) is 132 cm³/mol. The maximum atomic E-state index is 11.8. The van der Waals surface area contributed by atoms with Crippen LogP contribution in [0.15, 0.2) is 36.4 Å². The normalized spacial score (nSPS) is 18.0. The van der Waals surface area contributed by atoms with E-state index in [1.165, 1.54) is 12.8 Å². The number of nitrogens with zero attached hydrogens (tertiary/aromatic N) is 1. The van der Waals surface area contributed by atoms with E-state index in [2.05, 4.69) is 17.5 Å². The summed E-state index contributed by atoms with van der Waals surface area (Å²) in [5.74, 6) is 1.06. The highest BCUT2D eigenvalue weighted by Gasteiger charge is 2.28. The zero-order chi connectivity index (χ0) is 24.1. The lowest BCUT2D eigenvalue weighted by Crippen LogP contribution is -2.23. The second-order valence-electron chi connectivity index (χ2n) is 8.83. The first kappa shape index (κ1) is 24.3. The van der Waals surface area contributed by atoms with Crippen molar-refractivity contribution < 1.29 is 19.1 Å². The number of rotatable bonds is 10. The van der Waals surface area contributed by atoms with E-state index in [1.807, 2.05) is 24.3 Å². The summed E-state index contributed by atoms with van der Waals surface area (Å²) in [5.41, 5.74) is 4.75. The number of ether oxygens (including phenoxy) is 2. The van der Waals surface area contributed by atoms with Gasteiger partial charge in [0.15, 0.2) is 0 Å². The molecule has 2 fully saturated rings. The molecule has 1 saturated heterocycles. The molecule has 180 valence electrons. The van der Waals surface area contributed by atoms with Crippen LogP contribution in [0, 0.1) is 0 Å². The van der Waals surface area contributed by atoms with Crippen molar-refractivity contribution in [3.8, 4) is 5.88 Å². The maximum absolute atomic E-state index is 11.8. The van der Waals surface area contributed by atoms with Gasteiger partial charge in [0.2, 0.25) is 11.8 Å². The molecule has 34 heavy (non-hydrogen) atoms. The van der Waals surface area contributed by atoms with E-state index in [-0.39, 0.29) is 17.9 Å². The molecule has 1 saturated carbocycles. The first-order valence-corrected chi connectivity index (χ1v) is 12.4. The van der Waals surface area contributed by atoms with Crippen molar-refractivity contribution >= 4 is 29.1 Å². The molecule has 1 aliphatic carbocycles. The van der Waals surface area contributed by atoms with Crippen LogP contribution in [-0.4, -0.2) is 36.6 Å². The first-order chi connectivity index (χ1) is 16.5. The minimum Gasteiger partial charge on any atom is -0.481 e. The lowest BCUT2D eigenvalue weighted by molar-refractivity contribution is -0.143. The quantitative estimate of drug-likeness (QED) is 0.470. The molecule has 2 aromatic rings. The Labute approximate surface area is 205 Å².